The van der Waals surface area contributed by atoms with Gasteiger partial charge in [0.1, 0.15) is 5.76 Å². The number of piperazine rings is 1. The zero-order valence-electron chi connectivity index (χ0n) is 13.5. The van der Waals surface area contributed by atoms with Crippen LogP contribution in [0.5, 0.6) is 0 Å². The normalized spacial score (nSPS) is 16.4. The molecule has 1 fully saturated rings. The van der Waals surface area contributed by atoms with Crippen LogP contribution in [0.15, 0.2) is 47.1 Å². The number of carbonyl (C=O) groups excluding carboxylic acids is 1. The van der Waals surface area contributed by atoms with Crippen LogP contribution < -0.4 is 5.32 Å². The van der Waals surface area contributed by atoms with E-state index in [0.29, 0.717) is 6.54 Å². The van der Waals surface area contributed by atoms with Gasteiger partial charge in [0, 0.05) is 31.9 Å². The fraction of sp³-hybridized carbons (Fsp3) is 0.389. The molecule has 0 atom stereocenters. The molecule has 0 bridgehead atoms. The summed E-state index contributed by atoms with van der Waals surface area (Å²) < 4.78 is 5.38. The summed E-state index contributed by atoms with van der Waals surface area (Å²) in [4.78, 5) is 16.7. The van der Waals surface area contributed by atoms with Crippen molar-refractivity contribution in [3.63, 3.8) is 0 Å². The first kappa shape index (κ1) is 15.8. The second kappa shape index (κ2) is 7.44. The smallest absolute Gasteiger partial charge is 0.238 e. The topological polar surface area (TPSA) is 48.7 Å². The Kier molecular flexibility index (Phi) is 5.10. The predicted octanol–water partition coefficient (Wildman–Crippen LogP) is 2.34. The molecule has 1 N–H and O–H groups in total. The Bertz CT molecular complexity index is 614. The lowest BCUT2D eigenvalue weighted by molar-refractivity contribution is -0.117. The first-order valence-electron chi connectivity index (χ1n) is 8.03. The average Bonchev–Trinajstić information content (AvgIpc) is 3.04. The third kappa shape index (κ3) is 4.68. The van der Waals surface area contributed by atoms with Gasteiger partial charge in [-0.3, -0.25) is 14.6 Å². The van der Waals surface area contributed by atoms with Crippen molar-refractivity contribution < 1.29 is 9.21 Å². The van der Waals surface area contributed by atoms with E-state index in [1.807, 2.05) is 43.3 Å². The van der Waals surface area contributed by atoms with Crippen LogP contribution in [0.3, 0.4) is 0 Å². The molecular weight excluding hydrogens is 290 g/mol. The molecule has 1 saturated heterocycles. The molecule has 2 heterocycles. The molecule has 0 radical (unpaired) electrons. The maximum atomic E-state index is 12.1. The number of anilines is 1. The maximum Gasteiger partial charge on any atom is 0.238 e. The van der Waals surface area contributed by atoms with Crippen LogP contribution in [0.1, 0.15) is 11.3 Å². The van der Waals surface area contributed by atoms with Gasteiger partial charge in [0.25, 0.3) is 0 Å². The van der Waals surface area contributed by atoms with Crippen molar-refractivity contribution in [3.8, 4) is 0 Å². The lowest BCUT2D eigenvalue weighted by Crippen LogP contribution is -2.48. The number of rotatable bonds is 5. The maximum absolute atomic E-state index is 12.1. The zero-order chi connectivity index (χ0) is 16.1. The lowest BCUT2D eigenvalue weighted by atomic mass is 10.2. The number of benzene rings is 1. The van der Waals surface area contributed by atoms with Crippen molar-refractivity contribution in [2.75, 3.05) is 38.0 Å². The molecule has 1 aliphatic rings. The van der Waals surface area contributed by atoms with Crippen LogP contribution in [0.2, 0.25) is 0 Å². The number of nitrogens with zero attached hydrogens (tertiary/aromatic N) is 2. The summed E-state index contributed by atoms with van der Waals surface area (Å²) in [6.45, 7) is 7.05. The summed E-state index contributed by atoms with van der Waals surface area (Å²) in [7, 11) is 0. The summed E-state index contributed by atoms with van der Waals surface area (Å²) in [6, 6.07) is 11.8. The van der Waals surface area contributed by atoms with Crippen molar-refractivity contribution in [3.05, 3.63) is 54.0 Å². The minimum atomic E-state index is 0.0494. The van der Waals surface area contributed by atoms with Crippen molar-refractivity contribution >= 4 is 11.6 Å². The Morgan fingerprint density at radius 1 is 1.09 bits per heavy atom. The summed E-state index contributed by atoms with van der Waals surface area (Å²) in [5, 5.41) is 2.95. The minimum absolute atomic E-state index is 0.0494. The minimum Gasteiger partial charge on any atom is -0.468 e. The number of furan rings is 1. The summed E-state index contributed by atoms with van der Waals surface area (Å²) >= 11 is 0. The Labute approximate surface area is 136 Å². The summed E-state index contributed by atoms with van der Waals surface area (Å²) in [6.07, 6.45) is 1.71. The highest BCUT2D eigenvalue weighted by atomic mass is 16.3. The van der Waals surface area contributed by atoms with Gasteiger partial charge in [0.2, 0.25) is 5.91 Å². The molecule has 5 nitrogen and oxygen atoms in total. The van der Waals surface area contributed by atoms with Crippen LogP contribution in [0.25, 0.3) is 0 Å². The van der Waals surface area contributed by atoms with Gasteiger partial charge < -0.3 is 9.73 Å². The van der Waals surface area contributed by atoms with Crippen LogP contribution in [-0.4, -0.2) is 48.4 Å². The standard InChI is InChI=1S/C18H23N3O2/c1-15-4-6-16(7-5-15)19-18(22)14-21-10-8-20(9-11-21)13-17-3-2-12-23-17/h2-7,12H,8-11,13-14H2,1H3,(H,19,22). The van der Waals surface area contributed by atoms with Crippen LogP contribution in [-0.2, 0) is 11.3 Å². The van der Waals surface area contributed by atoms with Gasteiger partial charge in [-0.2, -0.15) is 0 Å². The van der Waals surface area contributed by atoms with Crippen molar-refractivity contribution in [2.24, 2.45) is 0 Å². The van der Waals surface area contributed by atoms with E-state index in [4.69, 9.17) is 4.42 Å². The van der Waals surface area contributed by atoms with E-state index in [-0.39, 0.29) is 5.91 Å². The molecule has 2 aromatic rings. The van der Waals surface area contributed by atoms with E-state index in [1.54, 1.807) is 6.26 Å². The largest absolute Gasteiger partial charge is 0.468 e. The van der Waals surface area contributed by atoms with E-state index in [1.165, 1.54) is 5.56 Å². The van der Waals surface area contributed by atoms with Gasteiger partial charge in [-0.15, -0.1) is 0 Å². The van der Waals surface area contributed by atoms with Gasteiger partial charge in [-0.25, -0.2) is 0 Å². The number of hydrogen-bond acceptors (Lipinski definition) is 4. The molecule has 5 heteroatoms. The molecule has 0 saturated carbocycles. The highest BCUT2D eigenvalue weighted by Crippen LogP contribution is 2.10. The summed E-state index contributed by atoms with van der Waals surface area (Å²) in [5.74, 6) is 1.05. The van der Waals surface area contributed by atoms with Crippen LogP contribution >= 0.6 is 0 Å². The molecule has 1 aromatic carbocycles. The molecule has 1 amide bonds. The number of amides is 1. The number of hydrogen-bond donors (Lipinski definition) is 1. The van der Waals surface area contributed by atoms with Gasteiger partial charge in [-0.05, 0) is 31.2 Å². The Morgan fingerprint density at radius 2 is 1.78 bits per heavy atom. The lowest BCUT2D eigenvalue weighted by Gasteiger charge is -2.33. The molecule has 1 aliphatic heterocycles. The third-order valence-corrected chi connectivity index (χ3v) is 4.13. The van der Waals surface area contributed by atoms with Crippen molar-refractivity contribution in [1.29, 1.82) is 0 Å². The zero-order valence-corrected chi connectivity index (χ0v) is 13.5. The average molecular weight is 313 g/mol. The highest BCUT2D eigenvalue weighted by Gasteiger charge is 2.19. The predicted molar refractivity (Wildman–Crippen MR) is 90.2 cm³/mol. The number of carbonyl (C=O) groups is 1. The Morgan fingerprint density at radius 3 is 2.43 bits per heavy atom. The van der Waals surface area contributed by atoms with Gasteiger partial charge in [-0.1, -0.05) is 17.7 Å². The van der Waals surface area contributed by atoms with E-state index in [2.05, 4.69) is 15.1 Å². The van der Waals surface area contributed by atoms with Crippen molar-refractivity contribution in [1.82, 2.24) is 9.80 Å². The first-order chi connectivity index (χ1) is 11.2. The van der Waals surface area contributed by atoms with Crippen molar-refractivity contribution in [2.45, 2.75) is 13.5 Å². The fourth-order valence-electron chi connectivity index (χ4n) is 2.77. The van der Waals surface area contributed by atoms with Crippen LogP contribution in [0.4, 0.5) is 5.69 Å². The van der Waals surface area contributed by atoms with Gasteiger partial charge in [0.15, 0.2) is 0 Å². The monoisotopic (exact) mass is 313 g/mol. The molecular formula is C18H23N3O2. The number of aryl methyl sites for hydroxylation is 1. The van der Waals surface area contributed by atoms with Gasteiger partial charge in [0.05, 0.1) is 19.4 Å². The second-order valence-corrected chi connectivity index (χ2v) is 6.05. The Balaban J connectivity index is 1.41. The highest BCUT2D eigenvalue weighted by molar-refractivity contribution is 5.92. The van der Waals surface area contributed by atoms with E-state index in [0.717, 1.165) is 44.2 Å². The second-order valence-electron chi connectivity index (χ2n) is 6.05. The molecule has 3 rings (SSSR count). The van der Waals surface area contributed by atoms with E-state index in [9.17, 15) is 4.79 Å². The first-order valence-corrected chi connectivity index (χ1v) is 8.03. The molecule has 122 valence electrons. The molecule has 0 spiro atoms. The van der Waals surface area contributed by atoms with E-state index >= 15 is 0 Å². The molecule has 0 unspecified atom stereocenters. The quantitative estimate of drug-likeness (QED) is 0.920. The van der Waals surface area contributed by atoms with Crippen LogP contribution in [0, 0.1) is 6.92 Å². The SMILES string of the molecule is Cc1ccc(NC(=O)CN2CCN(Cc3ccco3)CC2)cc1. The molecule has 23 heavy (non-hydrogen) atoms. The summed E-state index contributed by atoms with van der Waals surface area (Å²) in [5.41, 5.74) is 2.05. The molecule has 1 aromatic heterocycles. The molecule has 0 aliphatic carbocycles. The fourth-order valence-corrected chi connectivity index (χ4v) is 2.77. The van der Waals surface area contributed by atoms with E-state index < -0.39 is 0 Å². The Hall–Kier alpha value is -2.11. The number of nitrogens with one attached hydrogen (secondary N) is 1. The third-order valence-electron chi connectivity index (χ3n) is 4.13. The van der Waals surface area contributed by atoms with Gasteiger partial charge >= 0.3 is 0 Å².